The molecular formula is C21H22F2N2O2. The van der Waals surface area contributed by atoms with Gasteiger partial charge >= 0.3 is 0 Å². The maximum absolute atomic E-state index is 13.9. The van der Waals surface area contributed by atoms with Crippen LogP contribution in [0.25, 0.3) is 11.5 Å². The Morgan fingerprint density at radius 2 is 1.81 bits per heavy atom. The fourth-order valence-corrected chi connectivity index (χ4v) is 2.64. The number of likely N-dealkylation sites (N-methyl/N-ethyl adjacent to an activating group) is 1. The lowest BCUT2D eigenvalue weighted by atomic mass is 10.2. The van der Waals surface area contributed by atoms with E-state index < -0.39 is 11.6 Å². The smallest absolute Gasteiger partial charge is 0.229 e. The number of ether oxygens (including phenoxy) is 1. The molecule has 0 bridgehead atoms. The highest BCUT2D eigenvalue weighted by molar-refractivity contribution is 5.54. The predicted molar refractivity (Wildman–Crippen MR) is 99.6 cm³/mol. The molecule has 0 atom stereocenters. The van der Waals surface area contributed by atoms with Gasteiger partial charge in [0.05, 0.1) is 11.3 Å². The van der Waals surface area contributed by atoms with Crippen molar-refractivity contribution in [2.45, 2.75) is 20.4 Å². The molecular weight excluding hydrogens is 350 g/mol. The van der Waals surface area contributed by atoms with E-state index in [2.05, 4.69) is 4.98 Å². The van der Waals surface area contributed by atoms with Gasteiger partial charge < -0.3 is 9.15 Å². The summed E-state index contributed by atoms with van der Waals surface area (Å²) in [6.07, 6.45) is 0. The average Bonchev–Trinajstić information content (AvgIpc) is 2.97. The predicted octanol–water partition coefficient (Wildman–Crippen LogP) is 4.75. The van der Waals surface area contributed by atoms with Crippen LogP contribution in [0.2, 0.25) is 0 Å². The first-order chi connectivity index (χ1) is 12.9. The second kappa shape index (κ2) is 8.31. The quantitative estimate of drug-likeness (QED) is 0.600. The Morgan fingerprint density at radius 3 is 2.52 bits per heavy atom. The number of rotatable bonds is 7. The summed E-state index contributed by atoms with van der Waals surface area (Å²) in [6, 6.07) is 11.2. The fraction of sp³-hybridized carbons (Fsp3) is 0.286. The summed E-state index contributed by atoms with van der Waals surface area (Å²) in [5, 5.41) is 0. The van der Waals surface area contributed by atoms with Gasteiger partial charge in [0.2, 0.25) is 5.89 Å². The molecule has 1 aromatic heterocycles. The van der Waals surface area contributed by atoms with Gasteiger partial charge in [0.25, 0.3) is 0 Å². The molecule has 4 nitrogen and oxygen atoms in total. The van der Waals surface area contributed by atoms with E-state index in [1.807, 2.05) is 43.1 Å². The summed E-state index contributed by atoms with van der Waals surface area (Å²) >= 11 is 0. The molecule has 0 aliphatic carbocycles. The highest BCUT2D eigenvalue weighted by atomic mass is 19.1. The van der Waals surface area contributed by atoms with E-state index in [1.54, 1.807) is 6.92 Å². The van der Waals surface area contributed by atoms with Crippen molar-refractivity contribution in [2.24, 2.45) is 0 Å². The van der Waals surface area contributed by atoms with E-state index in [1.165, 1.54) is 17.7 Å². The van der Waals surface area contributed by atoms with Crippen molar-refractivity contribution in [3.05, 3.63) is 71.1 Å². The number of hydrogen-bond acceptors (Lipinski definition) is 4. The van der Waals surface area contributed by atoms with E-state index in [9.17, 15) is 8.78 Å². The van der Waals surface area contributed by atoms with E-state index >= 15 is 0 Å². The third-order valence-electron chi connectivity index (χ3n) is 4.24. The van der Waals surface area contributed by atoms with Crippen LogP contribution in [0.3, 0.4) is 0 Å². The van der Waals surface area contributed by atoms with Gasteiger partial charge in [-0.05, 0) is 45.2 Å². The molecule has 0 fully saturated rings. The van der Waals surface area contributed by atoms with Gasteiger partial charge in [-0.15, -0.1) is 0 Å². The topological polar surface area (TPSA) is 38.5 Å². The zero-order valence-electron chi connectivity index (χ0n) is 15.6. The van der Waals surface area contributed by atoms with Gasteiger partial charge in [-0.3, -0.25) is 4.90 Å². The van der Waals surface area contributed by atoms with Crippen LogP contribution in [0, 0.1) is 25.5 Å². The van der Waals surface area contributed by atoms with Gasteiger partial charge in [-0.1, -0.05) is 17.7 Å². The zero-order valence-corrected chi connectivity index (χ0v) is 15.6. The van der Waals surface area contributed by atoms with Gasteiger partial charge in [-0.2, -0.15) is 0 Å². The molecule has 142 valence electrons. The number of nitrogens with zero attached hydrogens (tertiary/aromatic N) is 2. The third-order valence-corrected chi connectivity index (χ3v) is 4.24. The van der Waals surface area contributed by atoms with Crippen molar-refractivity contribution in [1.29, 1.82) is 0 Å². The molecule has 0 spiro atoms. The van der Waals surface area contributed by atoms with Crippen LogP contribution in [0.4, 0.5) is 8.78 Å². The SMILES string of the molecule is Cc1ccc(OCCN(C)Cc2nc(-c3ccc(F)cc3F)oc2C)cc1. The number of hydrogen-bond donors (Lipinski definition) is 0. The Hall–Kier alpha value is -2.73. The Balaban J connectivity index is 1.58. The zero-order chi connectivity index (χ0) is 19.4. The average molecular weight is 372 g/mol. The van der Waals surface area contributed by atoms with Crippen LogP contribution >= 0.6 is 0 Å². The van der Waals surface area contributed by atoms with E-state index in [0.717, 1.165) is 11.8 Å². The van der Waals surface area contributed by atoms with Crippen molar-refractivity contribution in [1.82, 2.24) is 9.88 Å². The van der Waals surface area contributed by atoms with Crippen LogP contribution in [-0.2, 0) is 6.54 Å². The largest absolute Gasteiger partial charge is 0.492 e. The molecule has 1 heterocycles. The summed E-state index contributed by atoms with van der Waals surface area (Å²) in [4.78, 5) is 6.42. The molecule has 0 saturated carbocycles. The second-order valence-electron chi connectivity index (χ2n) is 6.55. The minimum Gasteiger partial charge on any atom is -0.492 e. The first-order valence-electron chi connectivity index (χ1n) is 8.72. The third kappa shape index (κ3) is 4.92. The first kappa shape index (κ1) is 19.0. The molecule has 3 aromatic rings. The lowest BCUT2D eigenvalue weighted by Gasteiger charge is -2.16. The Bertz CT molecular complexity index is 907. The molecule has 27 heavy (non-hydrogen) atoms. The van der Waals surface area contributed by atoms with E-state index in [0.29, 0.717) is 31.2 Å². The number of benzene rings is 2. The minimum atomic E-state index is -0.692. The Kier molecular flexibility index (Phi) is 5.86. The van der Waals surface area contributed by atoms with Crippen molar-refractivity contribution in [3.63, 3.8) is 0 Å². The lowest BCUT2D eigenvalue weighted by molar-refractivity contribution is 0.231. The van der Waals surface area contributed by atoms with Crippen molar-refractivity contribution >= 4 is 0 Å². The molecule has 0 radical (unpaired) electrons. The van der Waals surface area contributed by atoms with Crippen LogP contribution in [0.15, 0.2) is 46.9 Å². The summed E-state index contributed by atoms with van der Waals surface area (Å²) < 4.78 is 38.3. The van der Waals surface area contributed by atoms with Gasteiger partial charge in [0.15, 0.2) is 0 Å². The molecule has 2 aromatic carbocycles. The number of oxazole rings is 1. The molecule has 0 unspecified atom stereocenters. The standard InChI is InChI=1S/C21H22F2N2O2/c1-14-4-7-17(8-5-14)26-11-10-25(3)13-20-15(2)27-21(24-20)18-9-6-16(22)12-19(18)23/h4-9,12H,10-11,13H2,1-3H3. The minimum absolute atomic E-state index is 0.149. The van der Waals surface area contributed by atoms with Crippen LogP contribution < -0.4 is 4.74 Å². The lowest BCUT2D eigenvalue weighted by Crippen LogP contribution is -2.24. The number of halogens is 2. The number of aromatic nitrogens is 1. The molecule has 0 amide bonds. The number of aryl methyl sites for hydroxylation is 2. The summed E-state index contributed by atoms with van der Waals surface area (Å²) in [5.74, 6) is 0.278. The van der Waals surface area contributed by atoms with Gasteiger partial charge in [0, 0.05) is 19.2 Å². The maximum Gasteiger partial charge on any atom is 0.229 e. The first-order valence-corrected chi connectivity index (χ1v) is 8.72. The molecule has 0 aliphatic rings. The van der Waals surface area contributed by atoms with Gasteiger partial charge in [-0.25, -0.2) is 13.8 Å². The molecule has 0 saturated heterocycles. The van der Waals surface area contributed by atoms with Crippen LogP contribution in [-0.4, -0.2) is 30.1 Å². The summed E-state index contributed by atoms with van der Waals surface area (Å²) in [7, 11) is 1.95. The Labute approximate surface area is 157 Å². The fourth-order valence-electron chi connectivity index (χ4n) is 2.64. The van der Waals surface area contributed by atoms with Crippen molar-refractivity contribution in [3.8, 4) is 17.2 Å². The molecule has 0 aliphatic heterocycles. The van der Waals surface area contributed by atoms with E-state index in [4.69, 9.17) is 9.15 Å². The van der Waals surface area contributed by atoms with Crippen molar-refractivity contribution < 1.29 is 17.9 Å². The maximum atomic E-state index is 13.9. The highest BCUT2D eigenvalue weighted by Gasteiger charge is 2.16. The Morgan fingerprint density at radius 1 is 1.07 bits per heavy atom. The molecule has 0 N–H and O–H groups in total. The van der Waals surface area contributed by atoms with Gasteiger partial charge in [0.1, 0.15) is 29.8 Å². The highest BCUT2D eigenvalue weighted by Crippen LogP contribution is 2.25. The summed E-state index contributed by atoms with van der Waals surface area (Å²) in [6.45, 7) is 5.58. The van der Waals surface area contributed by atoms with Crippen molar-refractivity contribution in [2.75, 3.05) is 20.2 Å². The van der Waals surface area contributed by atoms with Crippen LogP contribution in [0.1, 0.15) is 17.0 Å². The normalized spacial score (nSPS) is 11.2. The second-order valence-corrected chi connectivity index (χ2v) is 6.55. The molecule has 3 rings (SSSR count). The van der Waals surface area contributed by atoms with E-state index in [-0.39, 0.29) is 11.5 Å². The summed E-state index contributed by atoms with van der Waals surface area (Å²) in [5.41, 5.74) is 2.05. The van der Waals surface area contributed by atoms with Crippen LogP contribution in [0.5, 0.6) is 5.75 Å². The molecule has 6 heteroatoms. The monoisotopic (exact) mass is 372 g/mol.